The topological polar surface area (TPSA) is 64.7 Å². The van der Waals surface area contributed by atoms with E-state index in [0.717, 1.165) is 31.6 Å². The Morgan fingerprint density at radius 2 is 1.63 bits per heavy atom. The average Bonchev–Trinajstić information content (AvgIpc) is 2.75. The molecule has 1 aliphatic heterocycles. The number of urea groups is 1. The fourth-order valence-electron chi connectivity index (χ4n) is 3.74. The van der Waals surface area contributed by atoms with Crippen LogP contribution in [-0.4, -0.2) is 43.0 Å². The van der Waals surface area contributed by atoms with E-state index in [4.69, 9.17) is 11.6 Å². The Morgan fingerprint density at radius 1 is 0.967 bits per heavy atom. The number of nitrogens with zero attached hydrogens (tertiary/aromatic N) is 2. The van der Waals surface area contributed by atoms with E-state index in [2.05, 4.69) is 15.5 Å². The fraction of sp³-hybridized carbons (Fsp3) is 0.391. The van der Waals surface area contributed by atoms with Gasteiger partial charge < -0.3 is 20.4 Å². The predicted molar refractivity (Wildman–Crippen MR) is 124 cm³/mol. The van der Waals surface area contributed by atoms with Crippen LogP contribution in [0.3, 0.4) is 0 Å². The second kappa shape index (κ2) is 10.3. The predicted octanol–water partition coefficient (Wildman–Crippen LogP) is 5.46. The van der Waals surface area contributed by atoms with E-state index in [0.29, 0.717) is 35.1 Å². The lowest BCUT2D eigenvalue weighted by Crippen LogP contribution is -2.35. The number of carbonyl (C=O) groups excluding carboxylic acids is 2. The number of hydrogen-bond donors (Lipinski definition) is 2. The Labute approximate surface area is 183 Å². The van der Waals surface area contributed by atoms with Gasteiger partial charge in [0.1, 0.15) is 0 Å². The van der Waals surface area contributed by atoms with Crippen molar-refractivity contribution in [1.29, 1.82) is 0 Å². The molecule has 2 N–H and O–H groups in total. The van der Waals surface area contributed by atoms with Gasteiger partial charge in [-0.15, -0.1) is 0 Å². The minimum Gasteiger partial charge on any atom is -0.371 e. The summed E-state index contributed by atoms with van der Waals surface area (Å²) in [6.45, 7) is 7.12. The third-order valence-electron chi connectivity index (χ3n) is 5.31. The maximum Gasteiger partial charge on any atom is 0.323 e. The molecule has 0 atom stereocenters. The monoisotopic (exact) mass is 428 g/mol. The number of nitrogens with one attached hydrogen (secondary N) is 2. The molecule has 0 bridgehead atoms. The van der Waals surface area contributed by atoms with Crippen molar-refractivity contribution in [2.45, 2.75) is 33.1 Å². The standard InChI is InChI=1S/C23H29ClN4O2/c1-3-27(4-2)22(29)20-16-19(11-12-21(20)28-13-6-5-7-14-28)26-23(30)25-18-10-8-9-17(24)15-18/h8-12,15-16H,3-7,13-14H2,1-2H3,(H2,25,26,30). The maximum absolute atomic E-state index is 13.2. The van der Waals surface area contributed by atoms with Crippen LogP contribution in [-0.2, 0) is 0 Å². The van der Waals surface area contributed by atoms with Crippen LogP contribution in [0.15, 0.2) is 42.5 Å². The van der Waals surface area contributed by atoms with Crippen molar-refractivity contribution >= 4 is 40.6 Å². The summed E-state index contributed by atoms with van der Waals surface area (Å²) in [4.78, 5) is 29.7. The zero-order valence-electron chi connectivity index (χ0n) is 17.6. The van der Waals surface area contributed by atoms with Crippen LogP contribution in [0, 0.1) is 0 Å². The Hall–Kier alpha value is -2.73. The molecule has 0 unspecified atom stereocenters. The number of piperidine rings is 1. The molecule has 6 nitrogen and oxygen atoms in total. The molecule has 2 aromatic rings. The first kappa shape index (κ1) is 22.0. The van der Waals surface area contributed by atoms with E-state index in [-0.39, 0.29) is 11.9 Å². The normalized spacial score (nSPS) is 13.6. The van der Waals surface area contributed by atoms with Gasteiger partial charge in [0.25, 0.3) is 5.91 Å². The molecule has 1 heterocycles. The summed E-state index contributed by atoms with van der Waals surface area (Å²) in [6.07, 6.45) is 3.47. The molecule has 3 amide bonds. The number of carbonyl (C=O) groups is 2. The van der Waals surface area contributed by atoms with Crippen LogP contribution < -0.4 is 15.5 Å². The molecule has 0 aromatic heterocycles. The van der Waals surface area contributed by atoms with Crippen LogP contribution in [0.1, 0.15) is 43.5 Å². The highest BCUT2D eigenvalue weighted by molar-refractivity contribution is 6.30. The van der Waals surface area contributed by atoms with Crippen molar-refractivity contribution in [3.63, 3.8) is 0 Å². The summed E-state index contributed by atoms with van der Waals surface area (Å²) in [5.41, 5.74) is 2.74. The van der Waals surface area contributed by atoms with Crippen LogP contribution in [0.25, 0.3) is 0 Å². The molecule has 1 saturated heterocycles. The second-order valence-corrected chi connectivity index (χ2v) is 7.78. The quantitative estimate of drug-likeness (QED) is 0.642. The first-order valence-corrected chi connectivity index (χ1v) is 10.9. The van der Waals surface area contributed by atoms with Gasteiger partial charge in [-0.25, -0.2) is 4.79 Å². The molecule has 0 saturated carbocycles. The Balaban J connectivity index is 1.83. The van der Waals surface area contributed by atoms with E-state index in [1.54, 1.807) is 35.2 Å². The molecule has 30 heavy (non-hydrogen) atoms. The fourth-order valence-corrected chi connectivity index (χ4v) is 3.93. The maximum atomic E-state index is 13.2. The average molecular weight is 429 g/mol. The van der Waals surface area contributed by atoms with E-state index < -0.39 is 0 Å². The van der Waals surface area contributed by atoms with Crippen molar-refractivity contribution in [2.75, 3.05) is 41.7 Å². The van der Waals surface area contributed by atoms with E-state index in [1.165, 1.54) is 6.42 Å². The van der Waals surface area contributed by atoms with E-state index in [9.17, 15) is 9.59 Å². The van der Waals surface area contributed by atoms with Crippen molar-refractivity contribution in [1.82, 2.24) is 4.90 Å². The second-order valence-electron chi connectivity index (χ2n) is 7.35. The summed E-state index contributed by atoms with van der Waals surface area (Å²) in [5, 5.41) is 6.14. The van der Waals surface area contributed by atoms with Gasteiger partial charge in [-0.1, -0.05) is 17.7 Å². The number of halogens is 1. The number of amides is 3. The summed E-state index contributed by atoms with van der Waals surface area (Å²) in [5.74, 6) is -0.0144. The molecule has 1 fully saturated rings. The molecular weight excluding hydrogens is 400 g/mol. The van der Waals surface area contributed by atoms with Crippen molar-refractivity contribution < 1.29 is 9.59 Å². The van der Waals surface area contributed by atoms with Gasteiger partial charge >= 0.3 is 6.03 Å². The van der Waals surface area contributed by atoms with Gasteiger partial charge in [-0.05, 0) is 69.5 Å². The number of hydrogen-bond acceptors (Lipinski definition) is 3. The van der Waals surface area contributed by atoms with Crippen LogP contribution in [0.5, 0.6) is 0 Å². The Bertz CT molecular complexity index is 893. The summed E-state index contributed by atoms with van der Waals surface area (Å²) in [7, 11) is 0. The number of rotatable bonds is 6. The number of anilines is 3. The molecule has 0 aliphatic carbocycles. The highest BCUT2D eigenvalue weighted by Gasteiger charge is 2.22. The molecule has 1 aliphatic rings. The van der Waals surface area contributed by atoms with Gasteiger partial charge in [0.2, 0.25) is 0 Å². The minimum absolute atomic E-state index is 0.0144. The molecular formula is C23H29ClN4O2. The van der Waals surface area contributed by atoms with Crippen LogP contribution in [0.4, 0.5) is 21.9 Å². The lowest BCUT2D eigenvalue weighted by Gasteiger charge is -2.31. The van der Waals surface area contributed by atoms with E-state index >= 15 is 0 Å². The summed E-state index contributed by atoms with van der Waals surface area (Å²) < 4.78 is 0. The van der Waals surface area contributed by atoms with E-state index in [1.807, 2.05) is 26.0 Å². The van der Waals surface area contributed by atoms with Crippen molar-refractivity contribution in [2.24, 2.45) is 0 Å². The minimum atomic E-state index is -0.385. The SMILES string of the molecule is CCN(CC)C(=O)c1cc(NC(=O)Nc2cccc(Cl)c2)ccc1N1CCCCC1. The lowest BCUT2D eigenvalue weighted by molar-refractivity contribution is 0.0773. The Morgan fingerprint density at radius 3 is 2.27 bits per heavy atom. The third-order valence-corrected chi connectivity index (χ3v) is 5.55. The van der Waals surface area contributed by atoms with Gasteiger partial charge in [-0.2, -0.15) is 0 Å². The van der Waals surface area contributed by atoms with Crippen LogP contribution >= 0.6 is 11.6 Å². The zero-order chi connectivity index (χ0) is 21.5. The molecule has 7 heteroatoms. The molecule has 0 spiro atoms. The van der Waals surface area contributed by atoms with Crippen molar-refractivity contribution in [3.8, 4) is 0 Å². The Kier molecular flexibility index (Phi) is 7.57. The first-order valence-electron chi connectivity index (χ1n) is 10.5. The molecule has 2 aromatic carbocycles. The summed E-state index contributed by atoms with van der Waals surface area (Å²) >= 11 is 5.97. The van der Waals surface area contributed by atoms with Crippen LogP contribution in [0.2, 0.25) is 5.02 Å². The zero-order valence-corrected chi connectivity index (χ0v) is 18.3. The largest absolute Gasteiger partial charge is 0.371 e. The highest BCUT2D eigenvalue weighted by Crippen LogP contribution is 2.28. The van der Waals surface area contributed by atoms with Gasteiger partial charge in [0.05, 0.1) is 5.56 Å². The van der Waals surface area contributed by atoms with Crippen molar-refractivity contribution in [3.05, 3.63) is 53.1 Å². The lowest BCUT2D eigenvalue weighted by atomic mass is 10.1. The first-order chi connectivity index (χ1) is 14.5. The smallest absolute Gasteiger partial charge is 0.323 e. The molecule has 0 radical (unpaired) electrons. The third kappa shape index (κ3) is 5.45. The molecule has 3 rings (SSSR count). The van der Waals surface area contributed by atoms with Gasteiger partial charge in [-0.3, -0.25) is 4.79 Å². The molecule has 160 valence electrons. The van der Waals surface area contributed by atoms with Gasteiger partial charge in [0, 0.05) is 48.3 Å². The number of benzene rings is 2. The summed E-state index contributed by atoms with van der Waals surface area (Å²) in [6, 6.07) is 12.1. The van der Waals surface area contributed by atoms with Gasteiger partial charge in [0.15, 0.2) is 0 Å². The highest BCUT2D eigenvalue weighted by atomic mass is 35.5.